The van der Waals surface area contributed by atoms with Crippen molar-refractivity contribution in [2.75, 3.05) is 11.1 Å². The number of nitrogens with zero attached hydrogens (tertiary/aromatic N) is 1. The topological polar surface area (TPSA) is 50.9 Å². The number of aromatic nitrogens is 1. The van der Waals surface area contributed by atoms with E-state index in [-0.39, 0.29) is 0 Å². The van der Waals surface area contributed by atoms with Crippen molar-refractivity contribution in [3.8, 4) is 0 Å². The van der Waals surface area contributed by atoms with E-state index in [1.54, 1.807) is 22.7 Å². The zero-order chi connectivity index (χ0) is 13.2. The van der Waals surface area contributed by atoms with Crippen LogP contribution in [0.15, 0.2) is 35.7 Å². The number of thiophene rings is 1. The van der Waals surface area contributed by atoms with Crippen molar-refractivity contribution in [1.82, 2.24) is 4.98 Å². The maximum Gasteiger partial charge on any atom is 0.184 e. The van der Waals surface area contributed by atoms with Gasteiger partial charge in [-0.2, -0.15) is 0 Å². The number of nitrogens with two attached hydrogens (primary N) is 1. The molecule has 0 aliphatic carbocycles. The highest BCUT2D eigenvalue weighted by atomic mass is 32.1. The fourth-order valence-electron chi connectivity index (χ4n) is 2.02. The lowest BCUT2D eigenvalue weighted by molar-refractivity contribution is 0.763. The van der Waals surface area contributed by atoms with Crippen LogP contribution in [0.25, 0.3) is 10.2 Å². The third-order valence-corrected chi connectivity index (χ3v) is 4.94. The molecular formula is C14H15N3S2. The lowest BCUT2D eigenvalue weighted by atomic mass is 10.2. The predicted octanol–water partition coefficient (Wildman–Crippen LogP) is 4.50. The van der Waals surface area contributed by atoms with Gasteiger partial charge in [0.25, 0.3) is 0 Å². The number of thiazole rings is 1. The molecule has 0 radical (unpaired) electrons. The Morgan fingerprint density at radius 3 is 3.00 bits per heavy atom. The molecule has 0 bridgehead atoms. The summed E-state index contributed by atoms with van der Waals surface area (Å²) in [6.07, 6.45) is 1.04. The van der Waals surface area contributed by atoms with Crippen molar-refractivity contribution >= 4 is 43.7 Å². The summed E-state index contributed by atoms with van der Waals surface area (Å²) < 4.78 is 1.13. The van der Waals surface area contributed by atoms with Crippen LogP contribution >= 0.6 is 22.7 Å². The normalized spacial score (nSPS) is 12.7. The van der Waals surface area contributed by atoms with Gasteiger partial charge in [-0.05, 0) is 36.1 Å². The van der Waals surface area contributed by atoms with E-state index in [4.69, 9.17) is 5.73 Å². The van der Waals surface area contributed by atoms with E-state index >= 15 is 0 Å². The Hall–Kier alpha value is -1.59. The second-order valence-corrected chi connectivity index (χ2v) is 6.38. The zero-order valence-electron chi connectivity index (χ0n) is 10.6. The Bertz CT molecular complexity index is 673. The SMILES string of the molecule is CCC(Nc1nc2ccc(N)cc2s1)c1cccs1. The van der Waals surface area contributed by atoms with Crippen LogP contribution in [-0.2, 0) is 0 Å². The molecule has 0 saturated heterocycles. The number of benzene rings is 1. The zero-order valence-corrected chi connectivity index (χ0v) is 12.2. The van der Waals surface area contributed by atoms with Crippen LogP contribution in [0, 0.1) is 0 Å². The molecule has 3 rings (SSSR count). The van der Waals surface area contributed by atoms with E-state index in [2.05, 4.69) is 34.7 Å². The van der Waals surface area contributed by atoms with Gasteiger partial charge in [-0.15, -0.1) is 11.3 Å². The molecular weight excluding hydrogens is 274 g/mol. The van der Waals surface area contributed by atoms with Crippen molar-refractivity contribution in [2.24, 2.45) is 0 Å². The lowest BCUT2D eigenvalue weighted by Crippen LogP contribution is -2.07. The summed E-state index contributed by atoms with van der Waals surface area (Å²) in [7, 11) is 0. The fourth-order valence-corrected chi connectivity index (χ4v) is 3.84. The van der Waals surface area contributed by atoms with Crippen LogP contribution in [-0.4, -0.2) is 4.98 Å². The maximum absolute atomic E-state index is 5.80. The van der Waals surface area contributed by atoms with Gasteiger partial charge >= 0.3 is 0 Å². The Kier molecular flexibility index (Phi) is 3.40. The predicted molar refractivity (Wildman–Crippen MR) is 85.0 cm³/mol. The molecule has 0 spiro atoms. The molecule has 0 amide bonds. The molecule has 0 aliphatic rings. The number of hydrogen-bond acceptors (Lipinski definition) is 5. The van der Waals surface area contributed by atoms with Gasteiger partial charge in [0.15, 0.2) is 5.13 Å². The van der Waals surface area contributed by atoms with Crippen LogP contribution in [0.5, 0.6) is 0 Å². The first-order valence-electron chi connectivity index (χ1n) is 6.22. The van der Waals surface area contributed by atoms with E-state index in [1.165, 1.54) is 4.88 Å². The van der Waals surface area contributed by atoms with Crippen LogP contribution in [0.2, 0.25) is 0 Å². The molecule has 3 N–H and O–H groups in total. The quantitative estimate of drug-likeness (QED) is 0.695. The lowest BCUT2D eigenvalue weighted by Gasteiger charge is -2.13. The number of anilines is 2. The summed E-state index contributed by atoms with van der Waals surface area (Å²) >= 11 is 3.43. The van der Waals surface area contributed by atoms with E-state index in [0.717, 1.165) is 27.5 Å². The number of nitrogen functional groups attached to an aromatic ring is 1. The molecule has 0 aliphatic heterocycles. The second-order valence-electron chi connectivity index (χ2n) is 4.37. The summed E-state index contributed by atoms with van der Waals surface area (Å²) in [6, 6.07) is 10.4. The third-order valence-electron chi connectivity index (χ3n) is 3.01. The molecule has 3 nitrogen and oxygen atoms in total. The standard InChI is InChI=1S/C14H15N3S2/c1-2-10(12-4-3-7-18-12)16-14-17-11-6-5-9(15)8-13(11)19-14/h3-8,10H,2,15H2,1H3,(H,16,17). The Balaban J connectivity index is 1.88. The highest BCUT2D eigenvalue weighted by molar-refractivity contribution is 7.22. The largest absolute Gasteiger partial charge is 0.399 e. The van der Waals surface area contributed by atoms with E-state index in [9.17, 15) is 0 Å². The van der Waals surface area contributed by atoms with Crippen molar-refractivity contribution < 1.29 is 0 Å². The summed E-state index contributed by atoms with van der Waals surface area (Å²) in [6.45, 7) is 2.18. The number of nitrogens with one attached hydrogen (secondary N) is 1. The average molecular weight is 289 g/mol. The maximum atomic E-state index is 5.80. The van der Waals surface area contributed by atoms with E-state index in [0.29, 0.717) is 6.04 Å². The number of fused-ring (bicyclic) bond motifs is 1. The van der Waals surface area contributed by atoms with E-state index in [1.807, 2.05) is 18.2 Å². The number of rotatable bonds is 4. The molecule has 19 heavy (non-hydrogen) atoms. The minimum atomic E-state index is 0.331. The van der Waals surface area contributed by atoms with Crippen molar-refractivity contribution in [2.45, 2.75) is 19.4 Å². The number of hydrogen-bond donors (Lipinski definition) is 2. The first kappa shape index (κ1) is 12.4. The van der Waals surface area contributed by atoms with Gasteiger partial charge in [-0.3, -0.25) is 0 Å². The molecule has 1 atom stereocenters. The molecule has 1 unspecified atom stereocenters. The summed E-state index contributed by atoms with van der Waals surface area (Å²) in [5.41, 5.74) is 7.59. The van der Waals surface area contributed by atoms with Crippen LogP contribution < -0.4 is 11.1 Å². The van der Waals surface area contributed by atoms with Crippen LogP contribution in [0.1, 0.15) is 24.3 Å². The Labute approximate surface area is 120 Å². The average Bonchev–Trinajstić information content (AvgIpc) is 3.04. The molecule has 5 heteroatoms. The van der Waals surface area contributed by atoms with Gasteiger partial charge in [-0.1, -0.05) is 24.3 Å². The summed E-state index contributed by atoms with van der Waals surface area (Å²) in [5, 5.41) is 6.59. The minimum Gasteiger partial charge on any atom is -0.399 e. The molecule has 0 fully saturated rings. The monoisotopic (exact) mass is 289 g/mol. The van der Waals surface area contributed by atoms with Crippen molar-refractivity contribution in [1.29, 1.82) is 0 Å². The Morgan fingerprint density at radius 1 is 1.37 bits per heavy atom. The summed E-state index contributed by atoms with van der Waals surface area (Å²) in [5.74, 6) is 0. The molecule has 2 aromatic heterocycles. The van der Waals surface area contributed by atoms with Crippen molar-refractivity contribution in [3.63, 3.8) is 0 Å². The van der Waals surface area contributed by atoms with Gasteiger partial charge in [0.05, 0.1) is 16.3 Å². The van der Waals surface area contributed by atoms with Gasteiger partial charge in [-0.25, -0.2) is 4.98 Å². The molecule has 3 aromatic rings. The fraction of sp³-hybridized carbons (Fsp3) is 0.214. The smallest absolute Gasteiger partial charge is 0.184 e. The summed E-state index contributed by atoms with van der Waals surface area (Å²) in [4.78, 5) is 5.96. The van der Waals surface area contributed by atoms with Gasteiger partial charge < -0.3 is 11.1 Å². The minimum absolute atomic E-state index is 0.331. The molecule has 1 aromatic carbocycles. The molecule has 98 valence electrons. The third kappa shape index (κ3) is 2.57. The highest BCUT2D eigenvalue weighted by Crippen LogP contribution is 2.32. The first-order chi connectivity index (χ1) is 9.26. The van der Waals surface area contributed by atoms with E-state index < -0.39 is 0 Å². The molecule has 0 saturated carbocycles. The van der Waals surface area contributed by atoms with Gasteiger partial charge in [0.1, 0.15) is 0 Å². The second kappa shape index (κ2) is 5.19. The Morgan fingerprint density at radius 2 is 2.26 bits per heavy atom. The molecule has 2 heterocycles. The van der Waals surface area contributed by atoms with Crippen LogP contribution in [0.4, 0.5) is 10.8 Å². The first-order valence-corrected chi connectivity index (χ1v) is 7.92. The highest BCUT2D eigenvalue weighted by Gasteiger charge is 2.12. The van der Waals surface area contributed by atoms with Crippen molar-refractivity contribution in [3.05, 3.63) is 40.6 Å². The van der Waals surface area contributed by atoms with Gasteiger partial charge in [0.2, 0.25) is 0 Å². The van der Waals surface area contributed by atoms with Gasteiger partial charge in [0, 0.05) is 10.6 Å². The van der Waals surface area contributed by atoms with Crippen LogP contribution in [0.3, 0.4) is 0 Å².